The Balaban J connectivity index is 1.96. The zero-order valence-corrected chi connectivity index (χ0v) is 16.0. The van der Waals surface area contributed by atoms with Crippen LogP contribution in [-0.2, 0) is 10.2 Å². The van der Waals surface area contributed by atoms with E-state index >= 15 is 0 Å². The highest BCUT2D eigenvalue weighted by molar-refractivity contribution is 6.46. The minimum atomic E-state index is -0.685. The number of hydrogen-bond acceptors (Lipinski definition) is 3. The first kappa shape index (κ1) is 18.6. The molecule has 0 aliphatic rings. The van der Waals surface area contributed by atoms with E-state index in [0.29, 0.717) is 11.4 Å². The number of aryl methyl sites for hydroxylation is 1. The third kappa shape index (κ3) is 4.14. The molecule has 1 aromatic heterocycles. The van der Waals surface area contributed by atoms with E-state index in [9.17, 15) is 9.59 Å². The fourth-order valence-electron chi connectivity index (χ4n) is 2.61. The van der Waals surface area contributed by atoms with Crippen LogP contribution in [0.25, 0.3) is 5.69 Å². The van der Waals surface area contributed by atoms with Crippen molar-refractivity contribution in [1.82, 2.24) is 9.78 Å². The standard InChI is InChI=1S/C22H23N3O2/c1-15-10-12-17(13-11-15)25-19(14-18(24-25)22(2,3)4)23-21(27)20(26)16-8-6-5-7-9-16/h5-14H,1-4H3,(H,23,27). The van der Waals surface area contributed by atoms with Crippen molar-refractivity contribution in [2.45, 2.75) is 33.1 Å². The zero-order valence-electron chi connectivity index (χ0n) is 16.0. The Labute approximate surface area is 159 Å². The highest BCUT2D eigenvalue weighted by atomic mass is 16.2. The molecule has 2 aromatic carbocycles. The Bertz CT molecular complexity index is 965. The second-order valence-electron chi connectivity index (χ2n) is 7.56. The first-order valence-corrected chi connectivity index (χ1v) is 8.84. The van der Waals surface area contributed by atoms with Gasteiger partial charge < -0.3 is 5.32 Å². The summed E-state index contributed by atoms with van der Waals surface area (Å²) in [7, 11) is 0. The summed E-state index contributed by atoms with van der Waals surface area (Å²) in [5.41, 5.74) is 2.93. The first-order chi connectivity index (χ1) is 12.8. The van der Waals surface area contributed by atoms with Crippen LogP contribution in [0.1, 0.15) is 42.4 Å². The summed E-state index contributed by atoms with van der Waals surface area (Å²) < 4.78 is 1.66. The number of nitrogens with one attached hydrogen (secondary N) is 1. The molecule has 27 heavy (non-hydrogen) atoms. The summed E-state index contributed by atoms with van der Waals surface area (Å²) >= 11 is 0. The van der Waals surface area contributed by atoms with Crippen molar-refractivity contribution in [3.05, 3.63) is 77.5 Å². The van der Waals surface area contributed by atoms with Crippen LogP contribution in [0, 0.1) is 6.92 Å². The number of rotatable bonds is 4. The zero-order chi connectivity index (χ0) is 19.6. The van der Waals surface area contributed by atoms with Crippen molar-refractivity contribution in [3.8, 4) is 5.69 Å². The van der Waals surface area contributed by atoms with Crippen LogP contribution in [0.3, 0.4) is 0 Å². The highest BCUT2D eigenvalue weighted by Gasteiger charge is 2.23. The van der Waals surface area contributed by atoms with Crippen LogP contribution in [0.4, 0.5) is 5.82 Å². The van der Waals surface area contributed by atoms with E-state index in [2.05, 4.69) is 31.2 Å². The van der Waals surface area contributed by atoms with Crippen LogP contribution in [-0.4, -0.2) is 21.5 Å². The predicted octanol–water partition coefficient (Wildman–Crippen LogP) is 4.30. The van der Waals surface area contributed by atoms with Crippen LogP contribution in [0.5, 0.6) is 0 Å². The van der Waals surface area contributed by atoms with Crippen molar-refractivity contribution in [2.75, 3.05) is 5.32 Å². The normalized spacial score (nSPS) is 11.3. The van der Waals surface area contributed by atoms with E-state index in [1.165, 1.54) is 0 Å². The van der Waals surface area contributed by atoms with Gasteiger partial charge in [0.1, 0.15) is 5.82 Å². The highest BCUT2D eigenvalue weighted by Crippen LogP contribution is 2.26. The molecule has 0 aliphatic carbocycles. The van der Waals surface area contributed by atoms with Crippen molar-refractivity contribution in [2.24, 2.45) is 0 Å². The lowest BCUT2D eigenvalue weighted by atomic mass is 9.92. The molecule has 0 saturated heterocycles. The monoisotopic (exact) mass is 361 g/mol. The number of carbonyl (C=O) groups excluding carboxylic acids is 2. The molecule has 138 valence electrons. The molecule has 3 rings (SSSR count). The molecular formula is C22H23N3O2. The molecule has 0 aliphatic heterocycles. The van der Waals surface area contributed by atoms with Gasteiger partial charge in [-0.25, -0.2) is 4.68 Å². The molecule has 0 fully saturated rings. The molecule has 1 N–H and O–H groups in total. The number of nitrogens with zero attached hydrogens (tertiary/aromatic N) is 2. The third-order valence-corrected chi connectivity index (χ3v) is 4.24. The van der Waals surface area contributed by atoms with E-state index in [4.69, 9.17) is 0 Å². The van der Waals surface area contributed by atoms with Crippen LogP contribution in [0.15, 0.2) is 60.7 Å². The number of hydrogen-bond donors (Lipinski definition) is 1. The van der Waals surface area contributed by atoms with Gasteiger partial charge in [-0.2, -0.15) is 5.10 Å². The first-order valence-electron chi connectivity index (χ1n) is 8.84. The summed E-state index contributed by atoms with van der Waals surface area (Å²) in [4.78, 5) is 24.9. The lowest BCUT2D eigenvalue weighted by Crippen LogP contribution is -2.24. The molecule has 0 atom stereocenters. The Morgan fingerprint density at radius 3 is 2.19 bits per heavy atom. The minimum absolute atomic E-state index is 0.196. The number of ketones is 1. The molecule has 5 heteroatoms. The Hall–Kier alpha value is -3.21. The van der Waals surface area contributed by atoms with Gasteiger partial charge in [-0.15, -0.1) is 0 Å². The number of benzene rings is 2. The molecule has 0 unspecified atom stereocenters. The number of Topliss-reactive ketones (excluding diaryl/α,β-unsaturated/α-hetero) is 1. The molecule has 0 spiro atoms. The second-order valence-corrected chi connectivity index (χ2v) is 7.56. The topological polar surface area (TPSA) is 64.0 Å². The Morgan fingerprint density at radius 1 is 0.963 bits per heavy atom. The van der Waals surface area contributed by atoms with E-state index in [-0.39, 0.29) is 5.41 Å². The lowest BCUT2D eigenvalue weighted by molar-refractivity contribution is -0.112. The fourth-order valence-corrected chi connectivity index (χ4v) is 2.61. The van der Waals surface area contributed by atoms with Crippen LogP contribution < -0.4 is 5.32 Å². The van der Waals surface area contributed by atoms with Crippen molar-refractivity contribution >= 4 is 17.5 Å². The van der Waals surface area contributed by atoms with E-state index in [1.807, 2.05) is 37.3 Å². The van der Waals surface area contributed by atoms with Gasteiger partial charge in [-0.1, -0.05) is 68.8 Å². The van der Waals surface area contributed by atoms with Crippen molar-refractivity contribution < 1.29 is 9.59 Å². The van der Waals surface area contributed by atoms with Gasteiger partial charge in [0.25, 0.3) is 11.7 Å². The van der Waals surface area contributed by atoms with Gasteiger partial charge >= 0.3 is 0 Å². The van der Waals surface area contributed by atoms with Gasteiger partial charge in [0.05, 0.1) is 11.4 Å². The van der Waals surface area contributed by atoms with Crippen molar-refractivity contribution in [1.29, 1.82) is 0 Å². The van der Waals surface area contributed by atoms with Crippen LogP contribution >= 0.6 is 0 Å². The fraction of sp³-hybridized carbons (Fsp3) is 0.227. The average Bonchev–Trinajstić information content (AvgIpc) is 3.06. The SMILES string of the molecule is Cc1ccc(-n2nc(C(C)(C)C)cc2NC(=O)C(=O)c2ccccc2)cc1. The number of carbonyl (C=O) groups is 2. The van der Waals surface area contributed by atoms with Gasteiger partial charge in [-0.3, -0.25) is 9.59 Å². The number of anilines is 1. The lowest BCUT2D eigenvalue weighted by Gasteiger charge is -2.14. The largest absolute Gasteiger partial charge is 0.304 e. The molecule has 3 aromatic rings. The summed E-state index contributed by atoms with van der Waals surface area (Å²) in [5, 5.41) is 7.38. The second kappa shape index (κ2) is 7.19. The molecule has 1 heterocycles. The maximum absolute atomic E-state index is 12.5. The quantitative estimate of drug-likeness (QED) is 0.557. The molecular weight excluding hydrogens is 338 g/mol. The Kier molecular flexibility index (Phi) is 4.95. The average molecular weight is 361 g/mol. The summed E-state index contributed by atoms with van der Waals surface area (Å²) in [5.74, 6) is -0.794. The maximum atomic E-state index is 12.5. The summed E-state index contributed by atoms with van der Waals surface area (Å²) in [6, 6.07) is 18.2. The van der Waals surface area contributed by atoms with Crippen molar-refractivity contribution in [3.63, 3.8) is 0 Å². The minimum Gasteiger partial charge on any atom is -0.304 e. The smallest absolute Gasteiger partial charge is 0.297 e. The predicted molar refractivity (Wildman–Crippen MR) is 106 cm³/mol. The number of amides is 1. The Morgan fingerprint density at radius 2 is 1.59 bits per heavy atom. The van der Waals surface area contributed by atoms with Gasteiger partial charge in [0, 0.05) is 17.0 Å². The maximum Gasteiger partial charge on any atom is 0.297 e. The molecule has 1 amide bonds. The molecule has 0 saturated carbocycles. The van der Waals surface area contributed by atoms with E-state index in [1.54, 1.807) is 35.0 Å². The van der Waals surface area contributed by atoms with E-state index in [0.717, 1.165) is 16.9 Å². The number of aromatic nitrogens is 2. The van der Waals surface area contributed by atoms with Gasteiger partial charge in [0.15, 0.2) is 0 Å². The molecule has 0 radical (unpaired) electrons. The van der Waals surface area contributed by atoms with E-state index < -0.39 is 11.7 Å². The molecule has 5 nitrogen and oxygen atoms in total. The summed E-state index contributed by atoms with van der Waals surface area (Å²) in [6.07, 6.45) is 0. The van der Waals surface area contributed by atoms with Crippen LogP contribution in [0.2, 0.25) is 0 Å². The van der Waals surface area contributed by atoms with Gasteiger partial charge in [0.2, 0.25) is 0 Å². The molecule has 0 bridgehead atoms. The van der Waals surface area contributed by atoms with Gasteiger partial charge in [-0.05, 0) is 19.1 Å². The summed E-state index contributed by atoms with van der Waals surface area (Å²) in [6.45, 7) is 8.16. The third-order valence-electron chi connectivity index (χ3n) is 4.24.